The van der Waals surface area contributed by atoms with Crippen LogP contribution in [0.5, 0.6) is 5.75 Å². The third kappa shape index (κ3) is 6.16. The van der Waals surface area contributed by atoms with Gasteiger partial charge in [-0.2, -0.15) is 0 Å². The second-order valence-electron chi connectivity index (χ2n) is 6.22. The first kappa shape index (κ1) is 20.6. The molecule has 0 aliphatic heterocycles. The molecule has 0 fully saturated rings. The monoisotopic (exact) mass is 370 g/mol. The maximum Gasteiger partial charge on any atom is 0.191 e. The zero-order valence-corrected chi connectivity index (χ0v) is 16.5. The number of para-hydroxylation sites is 1. The minimum Gasteiger partial charge on any atom is -0.489 e. The largest absolute Gasteiger partial charge is 0.489 e. The van der Waals surface area contributed by atoms with Crippen LogP contribution in [0.4, 0.5) is 0 Å². The fraction of sp³-hybridized carbons (Fsp3) is 0.429. The number of hydrogen-bond donors (Lipinski definition) is 2. The number of ether oxygens (including phenoxy) is 1. The summed E-state index contributed by atoms with van der Waals surface area (Å²) in [4.78, 5) is 4.26. The minimum absolute atomic E-state index is 0.451. The van der Waals surface area contributed by atoms with Crippen molar-refractivity contribution in [3.63, 3.8) is 0 Å². The number of nitrogens with zero attached hydrogens (tertiary/aromatic N) is 2. The zero-order valence-electron chi connectivity index (χ0n) is 16.5. The molecule has 2 rings (SSSR count). The first-order valence-electron chi connectivity index (χ1n) is 9.43. The Hall–Kier alpha value is -2.76. The smallest absolute Gasteiger partial charge is 0.191 e. The Balaban J connectivity index is 1.89. The van der Waals surface area contributed by atoms with Gasteiger partial charge in [0.15, 0.2) is 11.7 Å². The second kappa shape index (κ2) is 11.1. The molecule has 2 aromatic rings. The molecule has 1 aromatic carbocycles. The molecule has 0 radical (unpaired) electrons. The van der Waals surface area contributed by atoms with Crippen LogP contribution in [-0.4, -0.2) is 24.8 Å². The first-order valence-corrected chi connectivity index (χ1v) is 9.43. The molecule has 1 heterocycles. The molecule has 146 valence electrons. The van der Waals surface area contributed by atoms with Crippen LogP contribution < -0.4 is 15.4 Å². The van der Waals surface area contributed by atoms with Gasteiger partial charge in [-0.05, 0) is 18.9 Å². The van der Waals surface area contributed by atoms with Crippen molar-refractivity contribution < 1.29 is 9.26 Å². The second-order valence-corrected chi connectivity index (χ2v) is 6.22. The molecule has 0 aliphatic rings. The van der Waals surface area contributed by atoms with Crippen molar-refractivity contribution >= 4 is 5.96 Å². The predicted octanol–water partition coefficient (Wildman–Crippen LogP) is 4.01. The van der Waals surface area contributed by atoms with Crippen LogP contribution >= 0.6 is 0 Å². The van der Waals surface area contributed by atoms with E-state index >= 15 is 0 Å². The van der Waals surface area contributed by atoms with E-state index in [-0.39, 0.29) is 0 Å². The number of nitrogens with one attached hydrogen (secondary N) is 2. The van der Waals surface area contributed by atoms with Gasteiger partial charge in [-0.1, -0.05) is 49.9 Å². The minimum atomic E-state index is 0.451. The topological polar surface area (TPSA) is 71.7 Å². The van der Waals surface area contributed by atoms with Crippen molar-refractivity contribution in [2.45, 2.75) is 45.7 Å². The summed E-state index contributed by atoms with van der Waals surface area (Å²) in [5.41, 5.74) is 2.08. The molecule has 0 amide bonds. The predicted molar refractivity (Wildman–Crippen MR) is 109 cm³/mol. The fourth-order valence-corrected chi connectivity index (χ4v) is 2.82. The molecule has 0 bridgehead atoms. The summed E-state index contributed by atoms with van der Waals surface area (Å²) in [6.07, 6.45) is 3.86. The van der Waals surface area contributed by atoms with Gasteiger partial charge in [-0.3, -0.25) is 4.99 Å². The molecule has 6 heteroatoms. The number of aliphatic imine (C=N–C) groups is 1. The Morgan fingerprint density at radius 3 is 2.70 bits per heavy atom. The number of guanidine groups is 1. The Morgan fingerprint density at radius 1 is 1.26 bits per heavy atom. The van der Waals surface area contributed by atoms with E-state index in [1.165, 1.54) is 0 Å². The van der Waals surface area contributed by atoms with Crippen molar-refractivity contribution in [2.24, 2.45) is 4.99 Å². The van der Waals surface area contributed by atoms with Gasteiger partial charge in [0.1, 0.15) is 12.4 Å². The van der Waals surface area contributed by atoms with E-state index in [1.54, 1.807) is 13.1 Å². The third-order valence-electron chi connectivity index (χ3n) is 4.41. The van der Waals surface area contributed by atoms with Gasteiger partial charge in [0, 0.05) is 31.1 Å². The number of aromatic nitrogens is 1. The Labute approximate surface area is 161 Å². The number of rotatable bonds is 10. The average Bonchev–Trinajstić information content (AvgIpc) is 3.17. The molecule has 27 heavy (non-hydrogen) atoms. The van der Waals surface area contributed by atoms with Crippen LogP contribution in [0, 0.1) is 0 Å². The van der Waals surface area contributed by atoms with Crippen molar-refractivity contribution in [1.29, 1.82) is 0 Å². The summed E-state index contributed by atoms with van der Waals surface area (Å²) in [5.74, 6) is 2.78. The van der Waals surface area contributed by atoms with Gasteiger partial charge in [-0.15, -0.1) is 0 Å². The van der Waals surface area contributed by atoms with Crippen LogP contribution in [0.1, 0.15) is 49.6 Å². The first-order chi connectivity index (χ1) is 13.2. The highest BCUT2D eigenvalue weighted by molar-refractivity contribution is 5.79. The van der Waals surface area contributed by atoms with Gasteiger partial charge in [-0.25, -0.2) is 0 Å². The van der Waals surface area contributed by atoms with E-state index in [0.29, 0.717) is 31.6 Å². The summed E-state index contributed by atoms with van der Waals surface area (Å²) in [6.45, 7) is 9.63. The molecule has 2 N–H and O–H groups in total. The van der Waals surface area contributed by atoms with E-state index in [0.717, 1.165) is 35.6 Å². The molecule has 0 unspecified atom stereocenters. The summed E-state index contributed by atoms with van der Waals surface area (Å²) in [6, 6.07) is 9.94. The van der Waals surface area contributed by atoms with E-state index in [1.807, 2.05) is 30.3 Å². The molecule has 0 spiro atoms. The maximum atomic E-state index is 5.69. The van der Waals surface area contributed by atoms with Crippen LogP contribution in [0.3, 0.4) is 0 Å². The third-order valence-corrected chi connectivity index (χ3v) is 4.41. The van der Waals surface area contributed by atoms with Crippen molar-refractivity contribution in [1.82, 2.24) is 15.8 Å². The molecule has 0 saturated carbocycles. The zero-order chi connectivity index (χ0) is 19.5. The summed E-state index contributed by atoms with van der Waals surface area (Å²) in [7, 11) is 1.74. The Bertz CT molecular complexity index is 735. The lowest BCUT2D eigenvalue weighted by atomic mass is 9.99. The highest BCUT2D eigenvalue weighted by atomic mass is 16.5. The van der Waals surface area contributed by atoms with Crippen LogP contribution in [0.15, 0.2) is 52.5 Å². The quantitative estimate of drug-likeness (QED) is 0.376. The van der Waals surface area contributed by atoms with E-state index in [9.17, 15) is 0 Å². The Morgan fingerprint density at radius 2 is 2.00 bits per heavy atom. The van der Waals surface area contributed by atoms with Gasteiger partial charge >= 0.3 is 0 Å². The van der Waals surface area contributed by atoms with Gasteiger partial charge in [0.2, 0.25) is 0 Å². The van der Waals surface area contributed by atoms with Crippen molar-refractivity contribution in [2.75, 3.05) is 13.7 Å². The molecule has 0 atom stereocenters. The van der Waals surface area contributed by atoms with Gasteiger partial charge in [0.05, 0.1) is 12.2 Å². The van der Waals surface area contributed by atoms with Crippen molar-refractivity contribution in [3.8, 4) is 5.75 Å². The fourth-order valence-electron chi connectivity index (χ4n) is 2.82. The summed E-state index contributed by atoms with van der Waals surface area (Å²) < 4.78 is 11.1. The normalized spacial score (nSPS) is 11.5. The molecule has 1 aromatic heterocycles. The highest BCUT2D eigenvalue weighted by Crippen LogP contribution is 2.22. The lowest BCUT2D eigenvalue weighted by molar-refractivity contribution is 0.358. The maximum absolute atomic E-state index is 5.69. The Kier molecular flexibility index (Phi) is 8.42. The van der Waals surface area contributed by atoms with Crippen molar-refractivity contribution in [3.05, 3.63) is 60.0 Å². The van der Waals surface area contributed by atoms with Crippen LogP contribution in [-0.2, 0) is 13.1 Å². The lowest BCUT2D eigenvalue weighted by Crippen LogP contribution is -2.36. The van der Waals surface area contributed by atoms with Gasteiger partial charge in [0.25, 0.3) is 0 Å². The molecular formula is C21H30N4O2. The molecular weight excluding hydrogens is 340 g/mol. The van der Waals surface area contributed by atoms with E-state index in [2.05, 4.69) is 41.2 Å². The lowest BCUT2D eigenvalue weighted by Gasteiger charge is -2.13. The number of benzene rings is 1. The molecule has 6 nitrogen and oxygen atoms in total. The SMILES string of the molecule is C=CCOc1ccccc1CNC(=NC)NCc1cc(C(CC)CC)no1. The summed E-state index contributed by atoms with van der Waals surface area (Å²) >= 11 is 0. The highest BCUT2D eigenvalue weighted by Gasteiger charge is 2.13. The van der Waals surface area contributed by atoms with Gasteiger partial charge < -0.3 is 19.9 Å². The standard InChI is InChI=1S/C21H30N4O2/c1-5-12-26-20-11-9-8-10-17(20)14-23-21(22-4)24-15-18-13-19(25-27-18)16(6-2)7-3/h5,8-11,13,16H,1,6-7,12,14-15H2,2-4H3,(H2,22,23,24). The van der Waals surface area contributed by atoms with E-state index in [4.69, 9.17) is 9.26 Å². The van der Waals surface area contributed by atoms with E-state index < -0.39 is 0 Å². The summed E-state index contributed by atoms with van der Waals surface area (Å²) in [5, 5.41) is 10.7. The molecule has 0 saturated heterocycles. The number of hydrogen-bond acceptors (Lipinski definition) is 4. The van der Waals surface area contributed by atoms with Crippen LogP contribution in [0.2, 0.25) is 0 Å². The van der Waals surface area contributed by atoms with Crippen LogP contribution in [0.25, 0.3) is 0 Å². The molecule has 0 aliphatic carbocycles. The average molecular weight is 370 g/mol.